The van der Waals surface area contributed by atoms with Gasteiger partial charge in [-0.1, -0.05) is 15.9 Å². The normalized spacial score (nSPS) is 20.1. The van der Waals surface area contributed by atoms with Gasteiger partial charge < -0.3 is 15.7 Å². The highest BCUT2D eigenvalue weighted by Gasteiger charge is 2.26. The zero-order valence-electron chi connectivity index (χ0n) is 8.69. The minimum atomic E-state index is -0.402. The van der Waals surface area contributed by atoms with Crippen molar-refractivity contribution in [2.24, 2.45) is 0 Å². The molecule has 16 heavy (non-hydrogen) atoms. The lowest BCUT2D eigenvalue weighted by atomic mass is 10.1. The van der Waals surface area contributed by atoms with Gasteiger partial charge in [-0.15, -0.1) is 0 Å². The summed E-state index contributed by atoms with van der Waals surface area (Å²) in [6.45, 7) is 0.990. The van der Waals surface area contributed by atoms with Crippen LogP contribution in [0.15, 0.2) is 22.7 Å². The summed E-state index contributed by atoms with van der Waals surface area (Å²) in [6, 6.07) is 5.20. The quantitative estimate of drug-likeness (QED) is 0.763. The Balaban J connectivity index is 2.21. The van der Waals surface area contributed by atoms with Crippen LogP contribution < -0.4 is 5.73 Å². The molecular weight excluding hydrogens is 272 g/mol. The highest BCUT2D eigenvalue weighted by molar-refractivity contribution is 9.10. The van der Waals surface area contributed by atoms with Crippen LogP contribution in [0, 0.1) is 0 Å². The Bertz CT molecular complexity index is 422. The molecule has 0 saturated carbocycles. The van der Waals surface area contributed by atoms with Crippen LogP contribution in [-0.2, 0) is 0 Å². The van der Waals surface area contributed by atoms with Crippen molar-refractivity contribution in [1.29, 1.82) is 0 Å². The average molecular weight is 285 g/mol. The Hall–Kier alpha value is -1.07. The molecule has 2 rings (SSSR count). The van der Waals surface area contributed by atoms with Crippen molar-refractivity contribution in [3.05, 3.63) is 28.2 Å². The number of aliphatic hydroxyl groups excluding tert-OH is 1. The lowest BCUT2D eigenvalue weighted by Crippen LogP contribution is -2.30. The van der Waals surface area contributed by atoms with Crippen molar-refractivity contribution in [3.63, 3.8) is 0 Å². The van der Waals surface area contributed by atoms with Crippen LogP contribution >= 0.6 is 15.9 Å². The van der Waals surface area contributed by atoms with E-state index in [2.05, 4.69) is 15.9 Å². The van der Waals surface area contributed by atoms with Gasteiger partial charge in [0.2, 0.25) is 0 Å². The van der Waals surface area contributed by atoms with Gasteiger partial charge in [-0.25, -0.2) is 0 Å². The van der Waals surface area contributed by atoms with Crippen LogP contribution in [0.1, 0.15) is 16.8 Å². The third-order valence-corrected chi connectivity index (χ3v) is 3.19. The Morgan fingerprint density at radius 1 is 1.56 bits per heavy atom. The number of aliphatic hydroxyl groups is 1. The van der Waals surface area contributed by atoms with E-state index in [1.165, 1.54) is 0 Å². The Labute approximate surface area is 102 Å². The molecule has 1 aliphatic heterocycles. The fraction of sp³-hybridized carbons (Fsp3) is 0.364. The maximum absolute atomic E-state index is 12.0. The minimum absolute atomic E-state index is 0.110. The average Bonchev–Trinajstić information content (AvgIpc) is 2.64. The van der Waals surface area contributed by atoms with Gasteiger partial charge in [-0.05, 0) is 24.6 Å². The number of anilines is 1. The highest BCUT2D eigenvalue weighted by atomic mass is 79.9. The Kier molecular flexibility index (Phi) is 3.16. The van der Waals surface area contributed by atoms with Crippen molar-refractivity contribution in [1.82, 2.24) is 4.90 Å². The summed E-state index contributed by atoms with van der Waals surface area (Å²) < 4.78 is 0.850. The van der Waals surface area contributed by atoms with Gasteiger partial charge in [-0.3, -0.25) is 4.79 Å². The predicted octanol–water partition coefficient (Wildman–Crippen LogP) is 1.24. The molecule has 0 radical (unpaired) electrons. The molecule has 5 heteroatoms. The number of benzene rings is 1. The van der Waals surface area contributed by atoms with Crippen molar-refractivity contribution < 1.29 is 9.90 Å². The number of halogens is 1. The number of rotatable bonds is 1. The Morgan fingerprint density at radius 3 is 2.88 bits per heavy atom. The standard InChI is InChI=1S/C11H13BrN2O2/c12-7-1-2-9(10(13)5-7)11(16)14-4-3-8(15)6-14/h1-2,5,8,15H,3-4,6,13H2. The molecule has 1 saturated heterocycles. The van der Waals surface area contributed by atoms with E-state index in [1.807, 2.05) is 0 Å². The molecule has 1 aromatic carbocycles. The van der Waals surface area contributed by atoms with Crippen molar-refractivity contribution in [3.8, 4) is 0 Å². The van der Waals surface area contributed by atoms with Crippen LogP contribution in [0.5, 0.6) is 0 Å². The van der Waals surface area contributed by atoms with E-state index in [4.69, 9.17) is 5.73 Å². The van der Waals surface area contributed by atoms with E-state index in [1.54, 1.807) is 23.1 Å². The van der Waals surface area contributed by atoms with Crippen LogP contribution in [0.4, 0.5) is 5.69 Å². The zero-order chi connectivity index (χ0) is 11.7. The SMILES string of the molecule is Nc1cc(Br)ccc1C(=O)N1CCC(O)C1. The molecule has 86 valence electrons. The second-order valence-corrected chi connectivity index (χ2v) is 4.84. The summed E-state index contributed by atoms with van der Waals surface area (Å²) in [5.74, 6) is -0.110. The van der Waals surface area contributed by atoms with E-state index < -0.39 is 6.10 Å². The third-order valence-electron chi connectivity index (χ3n) is 2.69. The van der Waals surface area contributed by atoms with Gasteiger partial charge in [0.05, 0.1) is 11.7 Å². The summed E-state index contributed by atoms with van der Waals surface area (Å²) in [7, 11) is 0. The first-order valence-electron chi connectivity index (χ1n) is 5.10. The number of β-amino-alcohol motifs (C(OH)–C–C–N with tert-alkyl or cyclic N) is 1. The monoisotopic (exact) mass is 284 g/mol. The van der Waals surface area contributed by atoms with Crippen molar-refractivity contribution in [2.45, 2.75) is 12.5 Å². The topological polar surface area (TPSA) is 66.6 Å². The molecule has 0 bridgehead atoms. The van der Waals surface area contributed by atoms with Crippen LogP contribution in [0.2, 0.25) is 0 Å². The third kappa shape index (κ3) is 2.20. The number of amides is 1. The zero-order valence-corrected chi connectivity index (χ0v) is 10.3. The molecule has 4 nitrogen and oxygen atoms in total. The molecular formula is C11H13BrN2O2. The second kappa shape index (κ2) is 4.43. The number of hydrogen-bond acceptors (Lipinski definition) is 3. The fourth-order valence-electron chi connectivity index (χ4n) is 1.82. The van der Waals surface area contributed by atoms with Gasteiger partial charge in [0.25, 0.3) is 5.91 Å². The highest BCUT2D eigenvalue weighted by Crippen LogP contribution is 2.21. The molecule has 0 aliphatic carbocycles. The smallest absolute Gasteiger partial charge is 0.256 e. The maximum atomic E-state index is 12.0. The number of hydrogen-bond donors (Lipinski definition) is 2. The molecule has 1 aromatic rings. The predicted molar refractivity (Wildman–Crippen MR) is 65.1 cm³/mol. The number of nitrogen functional groups attached to an aromatic ring is 1. The maximum Gasteiger partial charge on any atom is 0.256 e. The van der Waals surface area contributed by atoms with E-state index in [9.17, 15) is 9.90 Å². The number of carbonyl (C=O) groups is 1. The lowest BCUT2D eigenvalue weighted by molar-refractivity contribution is 0.0766. The molecule has 0 aromatic heterocycles. The molecule has 1 fully saturated rings. The molecule has 1 heterocycles. The van der Waals surface area contributed by atoms with Gasteiger partial charge in [-0.2, -0.15) is 0 Å². The van der Waals surface area contributed by atoms with E-state index >= 15 is 0 Å². The van der Waals surface area contributed by atoms with Crippen molar-refractivity contribution in [2.75, 3.05) is 18.8 Å². The van der Waals surface area contributed by atoms with Crippen molar-refractivity contribution >= 4 is 27.5 Å². The molecule has 1 aliphatic rings. The number of likely N-dealkylation sites (tertiary alicyclic amines) is 1. The van der Waals surface area contributed by atoms with Gasteiger partial charge in [0.1, 0.15) is 0 Å². The summed E-state index contributed by atoms with van der Waals surface area (Å²) in [4.78, 5) is 13.7. The van der Waals surface area contributed by atoms with Gasteiger partial charge in [0.15, 0.2) is 0 Å². The molecule has 1 atom stereocenters. The summed E-state index contributed by atoms with van der Waals surface area (Å²) in [5.41, 5.74) is 6.74. The first kappa shape index (κ1) is 11.4. The van der Waals surface area contributed by atoms with E-state index in [-0.39, 0.29) is 5.91 Å². The summed E-state index contributed by atoms with van der Waals surface area (Å²) in [6.07, 6.45) is 0.239. The first-order valence-corrected chi connectivity index (χ1v) is 5.89. The summed E-state index contributed by atoms with van der Waals surface area (Å²) >= 11 is 3.29. The van der Waals surface area contributed by atoms with Gasteiger partial charge >= 0.3 is 0 Å². The molecule has 1 unspecified atom stereocenters. The lowest BCUT2D eigenvalue weighted by Gasteiger charge is -2.16. The minimum Gasteiger partial charge on any atom is -0.398 e. The van der Waals surface area contributed by atoms with Crippen LogP contribution in [0.3, 0.4) is 0 Å². The number of nitrogens with two attached hydrogens (primary N) is 1. The largest absolute Gasteiger partial charge is 0.398 e. The van der Waals surface area contributed by atoms with Crippen LogP contribution in [0.25, 0.3) is 0 Å². The fourth-order valence-corrected chi connectivity index (χ4v) is 2.20. The molecule has 3 N–H and O–H groups in total. The summed E-state index contributed by atoms with van der Waals surface area (Å²) in [5, 5.41) is 9.38. The first-order chi connectivity index (χ1) is 7.58. The Morgan fingerprint density at radius 2 is 2.31 bits per heavy atom. The molecule has 1 amide bonds. The van der Waals surface area contributed by atoms with Gasteiger partial charge in [0, 0.05) is 23.2 Å². The molecule has 0 spiro atoms. The van der Waals surface area contributed by atoms with Crippen LogP contribution in [-0.4, -0.2) is 35.1 Å². The second-order valence-electron chi connectivity index (χ2n) is 3.93. The number of nitrogens with zero attached hydrogens (tertiary/aromatic N) is 1. The van der Waals surface area contributed by atoms with E-state index in [0.29, 0.717) is 30.8 Å². The van der Waals surface area contributed by atoms with E-state index in [0.717, 1.165) is 4.47 Å². The number of carbonyl (C=O) groups excluding carboxylic acids is 1.